The zero-order chi connectivity index (χ0) is 12.4. The van der Waals surface area contributed by atoms with E-state index in [4.69, 9.17) is 5.84 Å². The fraction of sp³-hybridized carbons (Fsp3) is 0.667. The number of rotatable bonds is 5. The van der Waals surface area contributed by atoms with Crippen LogP contribution in [0, 0.1) is 11.8 Å². The summed E-state index contributed by atoms with van der Waals surface area (Å²) in [5, 5.41) is 3.36. The van der Waals surface area contributed by atoms with Crippen LogP contribution >= 0.6 is 0 Å². The van der Waals surface area contributed by atoms with Gasteiger partial charge in [-0.25, -0.2) is 15.8 Å². The first kappa shape index (κ1) is 12.1. The molecule has 0 radical (unpaired) electrons. The molecule has 1 aromatic heterocycles. The van der Waals surface area contributed by atoms with Gasteiger partial charge in [-0.2, -0.15) is 0 Å². The summed E-state index contributed by atoms with van der Waals surface area (Å²) in [6, 6.07) is 1.85. The summed E-state index contributed by atoms with van der Waals surface area (Å²) in [6.07, 6.45) is 1.32. The van der Waals surface area contributed by atoms with Crippen molar-refractivity contribution in [2.75, 3.05) is 17.3 Å². The second-order valence-electron chi connectivity index (χ2n) is 5.15. The number of nitrogens with one attached hydrogen (secondary N) is 2. The topological polar surface area (TPSA) is 75.9 Å². The van der Waals surface area contributed by atoms with Gasteiger partial charge in [-0.05, 0) is 18.3 Å². The summed E-state index contributed by atoms with van der Waals surface area (Å²) >= 11 is 0. The highest BCUT2D eigenvalue weighted by Gasteiger charge is 2.31. The molecule has 0 aliphatic heterocycles. The summed E-state index contributed by atoms with van der Waals surface area (Å²) in [5.41, 5.74) is 2.58. The number of nitrogen functional groups attached to an aromatic ring is 1. The molecule has 2 rings (SSSR count). The van der Waals surface area contributed by atoms with Crippen LogP contribution in [0.5, 0.6) is 0 Å². The van der Waals surface area contributed by atoms with E-state index >= 15 is 0 Å². The van der Waals surface area contributed by atoms with Crippen molar-refractivity contribution in [3.8, 4) is 0 Å². The predicted molar refractivity (Wildman–Crippen MR) is 69.7 cm³/mol. The summed E-state index contributed by atoms with van der Waals surface area (Å²) in [4.78, 5) is 8.81. The van der Waals surface area contributed by atoms with Gasteiger partial charge in [-0.1, -0.05) is 20.8 Å². The molecule has 94 valence electrons. The molecular weight excluding hydrogens is 214 g/mol. The zero-order valence-electron chi connectivity index (χ0n) is 10.7. The van der Waals surface area contributed by atoms with Gasteiger partial charge in [0.05, 0.1) is 0 Å². The van der Waals surface area contributed by atoms with Gasteiger partial charge < -0.3 is 10.7 Å². The first-order valence-corrected chi connectivity index (χ1v) is 6.19. The third kappa shape index (κ3) is 3.06. The Balaban J connectivity index is 2.06. The van der Waals surface area contributed by atoms with Crippen molar-refractivity contribution in [1.82, 2.24) is 9.97 Å². The second-order valence-corrected chi connectivity index (χ2v) is 5.15. The summed E-state index contributed by atoms with van der Waals surface area (Å²) in [7, 11) is 0. The van der Waals surface area contributed by atoms with Crippen molar-refractivity contribution in [3.63, 3.8) is 0 Å². The molecule has 17 heavy (non-hydrogen) atoms. The lowest BCUT2D eigenvalue weighted by molar-refractivity contribution is 0.761. The van der Waals surface area contributed by atoms with Crippen LogP contribution in [-0.2, 0) is 0 Å². The molecular formula is C12H21N5. The number of nitrogens with zero attached hydrogens (tertiary/aromatic N) is 2. The standard InChI is InChI=1S/C12H21N5/c1-7(2)12-15-10(5-11(16-12)17-13)14-6-9-4-8(9)3/h5,7-9H,4,6,13H2,1-3H3,(H2,14,15,16,17). The van der Waals surface area contributed by atoms with Gasteiger partial charge in [0, 0.05) is 18.5 Å². The van der Waals surface area contributed by atoms with Crippen LogP contribution in [-0.4, -0.2) is 16.5 Å². The number of hydrogen-bond donors (Lipinski definition) is 3. The Labute approximate surface area is 102 Å². The van der Waals surface area contributed by atoms with Crippen molar-refractivity contribution in [2.45, 2.75) is 33.1 Å². The maximum Gasteiger partial charge on any atom is 0.145 e. The molecule has 0 aromatic carbocycles. The molecule has 0 amide bonds. The Bertz CT molecular complexity index is 390. The number of hydrogen-bond acceptors (Lipinski definition) is 5. The highest BCUT2D eigenvalue weighted by atomic mass is 15.3. The lowest BCUT2D eigenvalue weighted by Crippen LogP contribution is -2.13. The molecule has 1 aromatic rings. The molecule has 5 nitrogen and oxygen atoms in total. The fourth-order valence-electron chi connectivity index (χ4n) is 1.81. The van der Waals surface area contributed by atoms with Crippen LogP contribution in [0.25, 0.3) is 0 Å². The lowest BCUT2D eigenvalue weighted by atomic mass is 10.2. The van der Waals surface area contributed by atoms with E-state index in [2.05, 4.69) is 41.5 Å². The molecule has 1 saturated carbocycles. The third-order valence-corrected chi connectivity index (χ3v) is 3.23. The van der Waals surface area contributed by atoms with E-state index in [1.165, 1.54) is 6.42 Å². The van der Waals surface area contributed by atoms with Crippen molar-refractivity contribution in [1.29, 1.82) is 0 Å². The average molecular weight is 235 g/mol. The summed E-state index contributed by atoms with van der Waals surface area (Å²) in [5.74, 6) is 9.68. The maximum absolute atomic E-state index is 5.41. The second kappa shape index (κ2) is 4.87. The molecule has 1 heterocycles. The quantitative estimate of drug-likeness (QED) is 0.537. The van der Waals surface area contributed by atoms with E-state index < -0.39 is 0 Å². The molecule has 0 saturated heterocycles. The molecule has 5 heteroatoms. The van der Waals surface area contributed by atoms with Gasteiger partial charge in [0.25, 0.3) is 0 Å². The van der Waals surface area contributed by atoms with E-state index in [1.54, 1.807) is 0 Å². The first-order chi connectivity index (χ1) is 8.10. The van der Waals surface area contributed by atoms with Gasteiger partial charge in [0.15, 0.2) is 0 Å². The number of hydrazine groups is 1. The van der Waals surface area contributed by atoms with Crippen LogP contribution in [0.1, 0.15) is 38.9 Å². The smallest absolute Gasteiger partial charge is 0.145 e. The monoisotopic (exact) mass is 235 g/mol. The molecule has 2 unspecified atom stereocenters. The minimum atomic E-state index is 0.295. The highest BCUT2D eigenvalue weighted by molar-refractivity contribution is 5.47. The van der Waals surface area contributed by atoms with E-state index in [0.717, 1.165) is 30.0 Å². The van der Waals surface area contributed by atoms with Crippen molar-refractivity contribution >= 4 is 11.6 Å². The van der Waals surface area contributed by atoms with Gasteiger partial charge in [-0.15, -0.1) is 0 Å². The van der Waals surface area contributed by atoms with Gasteiger partial charge in [0.2, 0.25) is 0 Å². The van der Waals surface area contributed by atoms with E-state index in [0.29, 0.717) is 11.7 Å². The van der Waals surface area contributed by atoms with Crippen LogP contribution in [0.15, 0.2) is 6.07 Å². The number of aromatic nitrogens is 2. The predicted octanol–water partition coefficient (Wildman–Crippen LogP) is 1.95. The lowest BCUT2D eigenvalue weighted by Gasteiger charge is -2.11. The van der Waals surface area contributed by atoms with Crippen molar-refractivity contribution in [2.24, 2.45) is 17.7 Å². The van der Waals surface area contributed by atoms with Crippen LogP contribution in [0.3, 0.4) is 0 Å². The third-order valence-electron chi connectivity index (χ3n) is 3.23. The van der Waals surface area contributed by atoms with Gasteiger partial charge in [-0.3, -0.25) is 0 Å². The van der Waals surface area contributed by atoms with E-state index in [-0.39, 0.29) is 0 Å². The fourth-order valence-corrected chi connectivity index (χ4v) is 1.81. The average Bonchev–Trinajstić information content (AvgIpc) is 3.02. The summed E-state index contributed by atoms with van der Waals surface area (Å²) < 4.78 is 0. The minimum Gasteiger partial charge on any atom is -0.370 e. The van der Waals surface area contributed by atoms with E-state index in [9.17, 15) is 0 Å². The number of nitrogens with two attached hydrogens (primary N) is 1. The minimum absolute atomic E-state index is 0.295. The highest BCUT2D eigenvalue weighted by Crippen LogP contribution is 2.37. The van der Waals surface area contributed by atoms with Crippen LogP contribution in [0.2, 0.25) is 0 Å². The van der Waals surface area contributed by atoms with Crippen molar-refractivity contribution < 1.29 is 0 Å². The Morgan fingerprint density at radius 3 is 2.59 bits per heavy atom. The van der Waals surface area contributed by atoms with Crippen LogP contribution < -0.4 is 16.6 Å². The molecule has 0 spiro atoms. The van der Waals surface area contributed by atoms with Crippen molar-refractivity contribution in [3.05, 3.63) is 11.9 Å². The molecule has 0 bridgehead atoms. The van der Waals surface area contributed by atoms with Gasteiger partial charge >= 0.3 is 0 Å². The molecule has 1 aliphatic rings. The molecule has 4 N–H and O–H groups in total. The molecule has 1 fully saturated rings. The zero-order valence-corrected chi connectivity index (χ0v) is 10.7. The summed E-state index contributed by atoms with van der Waals surface area (Å²) in [6.45, 7) is 7.41. The number of anilines is 2. The Morgan fingerprint density at radius 1 is 1.41 bits per heavy atom. The first-order valence-electron chi connectivity index (χ1n) is 6.19. The molecule has 2 atom stereocenters. The van der Waals surface area contributed by atoms with E-state index in [1.807, 2.05) is 6.07 Å². The van der Waals surface area contributed by atoms with Crippen LogP contribution in [0.4, 0.5) is 11.6 Å². The Hall–Kier alpha value is -1.36. The normalized spacial score (nSPS) is 22.6. The molecule has 1 aliphatic carbocycles. The SMILES string of the molecule is CC(C)c1nc(NN)cc(NCC2CC2C)n1. The largest absolute Gasteiger partial charge is 0.370 e. The van der Waals surface area contributed by atoms with Gasteiger partial charge in [0.1, 0.15) is 17.5 Å². The maximum atomic E-state index is 5.41. The Morgan fingerprint density at radius 2 is 2.06 bits per heavy atom. The Kier molecular flexibility index (Phi) is 3.47.